The Labute approximate surface area is 173 Å². The summed E-state index contributed by atoms with van der Waals surface area (Å²) < 4.78 is 0. The Morgan fingerprint density at radius 1 is 1.03 bits per heavy atom. The number of thioether (sulfide) groups is 1. The lowest BCUT2D eigenvalue weighted by Gasteiger charge is -2.13. The van der Waals surface area contributed by atoms with Gasteiger partial charge in [-0.15, -0.1) is 0 Å². The molecule has 150 valence electrons. The van der Waals surface area contributed by atoms with Crippen LogP contribution in [0.3, 0.4) is 0 Å². The number of anilines is 3. The van der Waals surface area contributed by atoms with Gasteiger partial charge in [0, 0.05) is 11.4 Å². The molecule has 0 aliphatic heterocycles. The summed E-state index contributed by atoms with van der Waals surface area (Å²) in [7, 11) is 0. The lowest BCUT2D eigenvalue weighted by molar-refractivity contribution is 0.0996. The molecule has 0 aliphatic rings. The Bertz CT molecular complexity index is 1080. The number of amides is 1. The normalized spacial score (nSPS) is 10.8. The lowest BCUT2D eigenvalue weighted by Crippen LogP contribution is -2.17. The van der Waals surface area contributed by atoms with Crippen molar-refractivity contribution < 1.29 is 4.79 Å². The van der Waals surface area contributed by atoms with E-state index in [1.165, 1.54) is 11.8 Å². The minimum Gasteiger partial charge on any atom is -0.368 e. The van der Waals surface area contributed by atoms with Crippen LogP contribution < -0.4 is 16.8 Å². The van der Waals surface area contributed by atoms with Gasteiger partial charge in [0.05, 0.1) is 11.3 Å². The Morgan fingerprint density at radius 2 is 1.76 bits per heavy atom. The van der Waals surface area contributed by atoms with Crippen molar-refractivity contribution in [2.75, 3.05) is 11.1 Å². The van der Waals surface area contributed by atoms with E-state index in [1.807, 2.05) is 52.0 Å². The van der Waals surface area contributed by atoms with Crippen LogP contribution in [0, 0.1) is 27.7 Å². The van der Waals surface area contributed by atoms with Crippen molar-refractivity contribution in [1.29, 1.82) is 0 Å². The zero-order valence-electron chi connectivity index (χ0n) is 16.8. The van der Waals surface area contributed by atoms with Crippen molar-refractivity contribution in [2.24, 2.45) is 5.73 Å². The molecule has 1 amide bonds. The van der Waals surface area contributed by atoms with Crippen LogP contribution in [-0.2, 0) is 5.75 Å². The van der Waals surface area contributed by atoms with Gasteiger partial charge in [0.2, 0.25) is 11.9 Å². The number of rotatable bonds is 6. The molecule has 8 nitrogen and oxygen atoms in total. The Balaban J connectivity index is 1.86. The first-order chi connectivity index (χ1) is 13.8. The maximum atomic E-state index is 12.0. The van der Waals surface area contributed by atoms with Gasteiger partial charge in [0.1, 0.15) is 10.9 Å². The minimum absolute atomic E-state index is 0.117. The number of carbonyl (C=O) groups is 1. The first kappa shape index (κ1) is 20.5. The second-order valence-corrected chi connectivity index (χ2v) is 7.62. The van der Waals surface area contributed by atoms with Gasteiger partial charge in [0.15, 0.2) is 0 Å². The van der Waals surface area contributed by atoms with E-state index in [-0.39, 0.29) is 5.95 Å². The van der Waals surface area contributed by atoms with E-state index in [9.17, 15) is 4.79 Å². The molecule has 0 saturated heterocycles. The summed E-state index contributed by atoms with van der Waals surface area (Å²) in [5, 5.41) is 3.73. The van der Waals surface area contributed by atoms with E-state index >= 15 is 0 Å². The molecule has 0 bridgehead atoms. The Kier molecular flexibility index (Phi) is 5.97. The second-order valence-electron chi connectivity index (χ2n) is 6.65. The smallest absolute Gasteiger partial charge is 0.251 e. The number of nitrogens with one attached hydrogen (secondary N) is 1. The zero-order chi connectivity index (χ0) is 21.1. The molecule has 2 heterocycles. The second kappa shape index (κ2) is 8.44. The summed E-state index contributed by atoms with van der Waals surface area (Å²) in [6.45, 7) is 7.69. The van der Waals surface area contributed by atoms with Crippen molar-refractivity contribution in [3.8, 4) is 0 Å². The quantitative estimate of drug-likeness (QED) is 0.529. The highest BCUT2D eigenvalue weighted by atomic mass is 32.2. The molecule has 0 unspecified atom stereocenters. The van der Waals surface area contributed by atoms with Crippen LogP contribution in [0.5, 0.6) is 0 Å². The molecule has 0 radical (unpaired) electrons. The molecule has 29 heavy (non-hydrogen) atoms. The highest BCUT2D eigenvalue weighted by Gasteiger charge is 2.18. The number of para-hydroxylation sites is 1. The summed E-state index contributed by atoms with van der Waals surface area (Å²) >= 11 is 1.34. The van der Waals surface area contributed by atoms with Crippen LogP contribution in [0.2, 0.25) is 0 Å². The summed E-state index contributed by atoms with van der Waals surface area (Å²) in [6.07, 6.45) is 0. The van der Waals surface area contributed by atoms with Crippen LogP contribution in [0.1, 0.15) is 38.6 Å². The minimum atomic E-state index is -0.502. The fourth-order valence-electron chi connectivity index (χ4n) is 2.83. The average Bonchev–Trinajstić information content (AvgIpc) is 2.65. The van der Waals surface area contributed by atoms with E-state index in [4.69, 9.17) is 11.5 Å². The van der Waals surface area contributed by atoms with Gasteiger partial charge >= 0.3 is 0 Å². The van der Waals surface area contributed by atoms with Crippen molar-refractivity contribution in [3.63, 3.8) is 0 Å². The monoisotopic (exact) mass is 409 g/mol. The third-order valence-corrected chi connectivity index (χ3v) is 5.61. The molecule has 1 aromatic carbocycles. The largest absolute Gasteiger partial charge is 0.368 e. The predicted molar refractivity (Wildman–Crippen MR) is 115 cm³/mol. The third-order valence-electron chi connectivity index (χ3n) is 4.64. The number of nitrogens with two attached hydrogens (primary N) is 2. The molecule has 0 atom stereocenters. The number of hydrogen-bond acceptors (Lipinski definition) is 8. The number of nitrogen functional groups attached to an aromatic ring is 1. The number of aromatic nitrogens is 4. The maximum Gasteiger partial charge on any atom is 0.251 e. The van der Waals surface area contributed by atoms with Gasteiger partial charge in [-0.2, -0.15) is 15.0 Å². The van der Waals surface area contributed by atoms with Crippen molar-refractivity contribution in [3.05, 3.63) is 58.0 Å². The molecule has 0 spiro atoms. The molecular weight excluding hydrogens is 386 g/mol. The maximum absolute atomic E-state index is 12.0. The fourth-order valence-corrected chi connectivity index (χ4v) is 3.83. The van der Waals surface area contributed by atoms with E-state index in [0.29, 0.717) is 28.1 Å². The van der Waals surface area contributed by atoms with Gasteiger partial charge < -0.3 is 16.8 Å². The summed E-state index contributed by atoms with van der Waals surface area (Å²) in [5.74, 6) is 0.821. The molecule has 0 fully saturated rings. The van der Waals surface area contributed by atoms with Crippen LogP contribution >= 0.6 is 11.8 Å². The topological polar surface area (TPSA) is 133 Å². The summed E-state index contributed by atoms with van der Waals surface area (Å²) in [5.41, 5.74) is 16.5. The van der Waals surface area contributed by atoms with Crippen LogP contribution in [0.15, 0.2) is 29.3 Å². The van der Waals surface area contributed by atoms with Gasteiger partial charge in [-0.25, -0.2) is 4.98 Å². The first-order valence-electron chi connectivity index (χ1n) is 8.99. The summed E-state index contributed by atoms with van der Waals surface area (Å²) in [6, 6.07) is 7.81. The molecule has 9 heteroatoms. The number of hydrogen-bond donors (Lipinski definition) is 3. The SMILES string of the molecule is Cc1ccccc1Nc1nc(N)nc(CSc2nc(C)c(C)c(C)c2C(N)=O)n1. The Hall–Kier alpha value is -3.20. The predicted octanol–water partition coefficient (Wildman–Crippen LogP) is 3.22. The average molecular weight is 410 g/mol. The summed E-state index contributed by atoms with van der Waals surface area (Å²) in [4.78, 5) is 29.3. The number of carbonyl (C=O) groups excluding carboxylic acids is 1. The van der Waals surface area contributed by atoms with Gasteiger partial charge in [-0.1, -0.05) is 30.0 Å². The number of nitrogens with zero attached hydrogens (tertiary/aromatic N) is 4. The number of primary amides is 1. The van der Waals surface area contributed by atoms with Gasteiger partial charge in [-0.3, -0.25) is 4.79 Å². The fraction of sp³-hybridized carbons (Fsp3) is 0.250. The van der Waals surface area contributed by atoms with E-state index in [1.54, 1.807) is 0 Å². The van der Waals surface area contributed by atoms with E-state index in [0.717, 1.165) is 28.1 Å². The zero-order valence-corrected chi connectivity index (χ0v) is 17.6. The number of pyridine rings is 1. The van der Waals surface area contributed by atoms with Crippen molar-refractivity contribution in [1.82, 2.24) is 19.9 Å². The highest BCUT2D eigenvalue weighted by Crippen LogP contribution is 2.29. The molecular formula is C20H23N7OS. The number of benzene rings is 1. The Morgan fingerprint density at radius 3 is 2.45 bits per heavy atom. The molecule has 3 rings (SSSR count). The standard InChI is InChI=1S/C20H23N7OS/c1-10-7-5-6-8-14(10)24-20-26-15(25-19(22)27-20)9-29-18-16(17(21)28)12(3)11(2)13(4)23-18/h5-8H,9H2,1-4H3,(H2,21,28)(H3,22,24,25,26,27). The molecule has 0 saturated carbocycles. The van der Waals surface area contributed by atoms with Crippen molar-refractivity contribution >= 4 is 35.3 Å². The third kappa shape index (κ3) is 4.62. The molecule has 0 aliphatic carbocycles. The number of aryl methyl sites for hydroxylation is 2. The van der Waals surface area contributed by atoms with Gasteiger partial charge in [-0.05, 0) is 50.5 Å². The first-order valence-corrected chi connectivity index (χ1v) is 9.98. The van der Waals surface area contributed by atoms with Crippen LogP contribution in [0.25, 0.3) is 0 Å². The lowest BCUT2D eigenvalue weighted by atomic mass is 10.0. The van der Waals surface area contributed by atoms with Crippen LogP contribution in [-0.4, -0.2) is 25.8 Å². The highest BCUT2D eigenvalue weighted by molar-refractivity contribution is 7.98. The van der Waals surface area contributed by atoms with E-state index in [2.05, 4.69) is 25.3 Å². The van der Waals surface area contributed by atoms with Crippen molar-refractivity contribution in [2.45, 2.75) is 38.5 Å². The van der Waals surface area contributed by atoms with Crippen LogP contribution in [0.4, 0.5) is 17.6 Å². The van der Waals surface area contributed by atoms with Gasteiger partial charge in [0.25, 0.3) is 5.91 Å². The van der Waals surface area contributed by atoms with E-state index < -0.39 is 5.91 Å². The molecule has 5 N–H and O–H groups in total. The molecule has 2 aromatic heterocycles. The molecule has 3 aromatic rings.